The molecule has 0 saturated heterocycles. The number of carbonyl (C=O) groups is 1. The van der Waals surface area contributed by atoms with Crippen LogP contribution in [-0.4, -0.2) is 32.5 Å². The molecule has 122 valence electrons. The molecular formula is C17H20N2O3S. The van der Waals surface area contributed by atoms with Gasteiger partial charge in [-0.05, 0) is 30.7 Å². The average molecular weight is 332 g/mol. The van der Waals surface area contributed by atoms with Crippen molar-refractivity contribution in [1.29, 1.82) is 0 Å². The van der Waals surface area contributed by atoms with Crippen molar-refractivity contribution in [1.82, 2.24) is 4.90 Å². The molecule has 0 aromatic heterocycles. The quantitative estimate of drug-likeness (QED) is 0.915. The summed E-state index contributed by atoms with van der Waals surface area (Å²) in [6.07, 6.45) is 1.07. The monoisotopic (exact) mass is 332 g/mol. The van der Waals surface area contributed by atoms with E-state index in [0.717, 1.165) is 11.8 Å². The zero-order valence-corrected chi connectivity index (χ0v) is 14.2. The first-order valence-electron chi connectivity index (χ1n) is 7.13. The fourth-order valence-corrected chi connectivity index (χ4v) is 2.74. The Bertz CT molecular complexity index is 799. The van der Waals surface area contributed by atoms with Gasteiger partial charge in [0.05, 0.1) is 6.26 Å². The Balaban J connectivity index is 2.13. The van der Waals surface area contributed by atoms with E-state index in [0.29, 0.717) is 17.8 Å². The average Bonchev–Trinajstić information content (AvgIpc) is 2.47. The molecule has 0 aliphatic heterocycles. The SMILES string of the molecule is Cc1ccc(CN(C)C(=O)c2cccc(NS(C)(=O)=O)c2)cc1. The highest BCUT2D eigenvalue weighted by molar-refractivity contribution is 7.92. The lowest BCUT2D eigenvalue weighted by atomic mass is 10.1. The number of nitrogens with one attached hydrogen (secondary N) is 1. The van der Waals surface area contributed by atoms with Crippen LogP contribution in [0.2, 0.25) is 0 Å². The Morgan fingerprint density at radius 3 is 2.39 bits per heavy atom. The van der Waals surface area contributed by atoms with Crippen LogP contribution in [0.3, 0.4) is 0 Å². The van der Waals surface area contributed by atoms with Gasteiger partial charge < -0.3 is 4.90 Å². The first kappa shape index (κ1) is 17.0. The number of nitrogens with zero attached hydrogens (tertiary/aromatic N) is 1. The molecule has 0 spiro atoms. The molecule has 2 aromatic carbocycles. The molecule has 0 fully saturated rings. The fourth-order valence-electron chi connectivity index (χ4n) is 2.19. The third kappa shape index (κ3) is 5.10. The van der Waals surface area contributed by atoms with Gasteiger partial charge in [-0.3, -0.25) is 9.52 Å². The highest BCUT2D eigenvalue weighted by atomic mass is 32.2. The number of benzene rings is 2. The Morgan fingerprint density at radius 2 is 1.78 bits per heavy atom. The van der Waals surface area contributed by atoms with Crippen molar-refractivity contribution in [3.63, 3.8) is 0 Å². The maximum absolute atomic E-state index is 12.5. The zero-order chi connectivity index (χ0) is 17.0. The second kappa shape index (κ2) is 6.83. The molecule has 0 aliphatic carbocycles. The van der Waals surface area contributed by atoms with Crippen LogP contribution in [0.15, 0.2) is 48.5 Å². The molecule has 0 saturated carbocycles. The summed E-state index contributed by atoms with van der Waals surface area (Å²) in [5.41, 5.74) is 3.02. The Labute approximate surface area is 137 Å². The van der Waals surface area contributed by atoms with E-state index in [2.05, 4.69) is 4.72 Å². The molecule has 0 radical (unpaired) electrons. The molecule has 1 N–H and O–H groups in total. The van der Waals surface area contributed by atoms with Gasteiger partial charge in [0.25, 0.3) is 5.91 Å². The van der Waals surface area contributed by atoms with Crippen molar-refractivity contribution in [2.75, 3.05) is 18.0 Å². The maximum Gasteiger partial charge on any atom is 0.253 e. The van der Waals surface area contributed by atoms with Crippen LogP contribution in [0.4, 0.5) is 5.69 Å². The molecule has 0 bridgehead atoms. The molecule has 0 atom stereocenters. The number of rotatable bonds is 5. The number of carbonyl (C=O) groups excluding carboxylic acids is 1. The number of aryl methyl sites for hydroxylation is 1. The van der Waals surface area contributed by atoms with E-state index in [1.54, 1.807) is 30.1 Å². The van der Waals surface area contributed by atoms with Crippen LogP contribution in [-0.2, 0) is 16.6 Å². The predicted octanol–water partition coefficient (Wildman–Crippen LogP) is 2.64. The lowest BCUT2D eigenvalue weighted by Crippen LogP contribution is -2.26. The summed E-state index contributed by atoms with van der Waals surface area (Å²) in [4.78, 5) is 14.1. The van der Waals surface area contributed by atoms with Gasteiger partial charge in [0, 0.05) is 24.8 Å². The summed E-state index contributed by atoms with van der Waals surface area (Å²) in [6.45, 7) is 2.50. The largest absolute Gasteiger partial charge is 0.337 e. The Morgan fingerprint density at radius 1 is 1.13 bits per heavy atom. The van der Waals surface area contributed by atoms with Gasteiger partial charge in [-0.2, -0.15) is 0 Å². The minimum atomic E-state index is -3.37. The van der Waals surface area contributed by atoms with E-state index >= 15 is 0 Å². The lowest BCUT2D eigenvalue weighted by molar-refractivity contribution is 0.0785. The smallest absolute Gasteiger partial charge is 0.253 e. The molecule has 2 aromatic rings. The van der Waals surface area contributed by atoms with E-state index in [9.17, 15) is 13.2 Å². The highest BCUT2D eigenvalue weighted by Crippen LogP contribution is 2.15. The predicted molar refractivity (Wildman–Crippen MR) is 91.9 cm³/mol. The van der Waals surface area contributed by atoms with Gasteiger partial charge in [0.2, 0.25) is 10.0 Å². The number of hydrogen-bond donors (Lipinski definition) is 1. The first-order valence-corrected chi connectivity index (χ1v) is 9.02. The van der Waals surface area contributed by atoms with Crippen molar-refractivity contribution in [3.05, 3.63) is 65.2 Å². The first-order chi connectivity index (χ1) is 10.7. The van der Waals surface area contributed by atoms with Crippen LogP contribution in [0.1, 0.15) is 21.5 Å². The van der Waals surface area contributed by atoms with Gasteiger partial charge in [0.1, 0.15) is 0 Å². The summed E-state index contributed by atoms with van der Waals surface area (Å²) in [5.74, 6) is -0.164. The molecule has 23 heavy (non-hydrogen) atoms. The second-order valence-corrected chi connectivity index (χ2v) is 7.35. The minimum absolute atomic E-state index is 0.164. The van der Waals surface area contributed by atoms with Crippen molar-refractivity contribution in [3.8, 4) is 0 Å². The van der Waals surface area contributed by atoms with Gasteiger partial charge >= 0.3 is 0 Å². The standard InChI is InChI=1S/C17H20N2O3S/c1-13-7-9-14(10-8-13)12-19(2)17(20)15-5-4-6-16(11-15)18-23(3,21)22/h4-11,18H,12H2,1-3H3. The molecule has 5 nitrogen and oxygen atoms in total. The highest BCUT2D eigenvalue weighted by Gasteiger charge is 2.13. The third-order valence-corrected chi connectivity index (χ3v) is 3.91. The molecule has 2 rings (SSSR count). The Kier molecular flexibility index (Phi) is 5.05. The summed E-state index contributed by atoms with van der Waals surface area (Å²) in [7, 11) is -1.65. The van der Waals surface area contributed by atoms with Gasteiger partial charge in [-0.1, -0.05) is 35.9 Å². The van der Waals surface area contributed by atoms with Gasteiger partial charge in [-0.15, -0.1) is 0 Å². The molecule has 0 aliphatic rings. The van der Waals surface area contributed by atoms with Crippen molar-refractivity contribution in [2.24, 2.45) is 0 Å². The normalized spacial score (nSPS) is 11.1. The van der Waals surface area contributed by atoms with Crippen LogP contribution < -0.4 is 4.72 Å². The van der Waals surface area contributed by atoms with Crippen LogP contribution >= 0.6 is 0 Å². The summed E-state index contributed by atoms with van der Waals surface area (Å²) >= 11 is 0. The van der Waals surface area contributed by atoms with Crippen molar-refractivity contribution >= 4 is 21.6 Å². The summed E-state index contributed by atoms with van der Waals surface area (Å²) < 4.78 is 24.9. The van der Waals surface area contributed by atoms with Crippen molar-refractivity contribution in [2.45, 2.75) is 13.5 Å². The number of amides is 1. The molecule has 0 heterocycles. The summed E-state index contributed by atoms with van der Waals surface area (Å²) in [6, 6.07) is 14.4. The van der Waals surface area contributed by atoms with Crippen LogP contribution in [0.5, 0.6) is 0 Å². The lowest BCUT2D eigenvalue weighted by Gasteiger charge is -2.18. The second-order valence-electron chi connectivity index (χ2n) is 5.60. The van der Waals surface area contributed by atoms with E-state index < -0.39 is 10.0 Å². The topological polar surface area (TPSA) is 66.5 Å². The Hall–Kier alpha value is -2.34. The molecule has 6 heteroatoms. The summed E-state index contributed by atoms with van der Waals surface area (Å²) in [5, 5.41) is 0. The van der Waals surface area contributed by atoms with Gasteiger partial charge in [0.15, 0.2) is 0 Å². The number of sulfonamides is 1. The van der Waals surface area contributed by atoms with Crippen molar-refractivity contribution < 1.29 is 13.2 Å². The zero-order valence-electron chi connectivity index (χ0n) is 13.4. The van der Waals surface area contributed by atoms with E-state index in [-0.39, 0.29) is 5.91 Å². The molecular weight excluding hydrogens is 312 g/mol. The molecule has 0 unspecified atom stereocenters. The van der Waals surface area contributed by atoms with Gasteiger partial charge in [-0.25, -0.2) is 8.42 Å². The minimum Gasteiger partial charge on any atom is -0.337 e. The maximum atomic E-state index is 12.5. The third-order valence-electron chi connectivity index (χ3n) is 3.30. The number of hydrogen-bond acceptors (Lipinski definition) is 3. The van der Waals surface area contributed by atoms with E-state index in [1.165, 1.54) is 11.6 Å². The number of anilines is 1. The molecule has 1 amide bonds. The van der Waals surface area contributed by atoms with E-state index in [1.807, 2.05) is 31.2 Å². The van der Waals surface area contributed by atoms with Crippen LogP contribution in [0.25, 0.3) is 0 Å². The van der Waals surface area contributed by atoms with E-state index in [4.69, 9.17) is 0 Å². The fraction of sp³-hybridized carbons (Fsp3) is 0.235. The van der Waals surface area contributed by atoms with Crippen LogP contribution in [0, 0.1) is 6.92 Å².